The summed E-state index contributed by atoms with van der Waals surface area (Å²) in [6, 6.07) is 7.58. The van der Waals surface area contributed by atoms with Gasteiger partial charge in [0.1, 0.15) is 0 Å². The van der Waals surface area contributed by atoms with Crippen molar-refractivity contribution in [2.24, 2.45) is 10.7 Å². The summed E-state index contributed by atoms with van der Waals surface area (Å²) < 4.78 is 0. The number of carbonyl (C=O) groups is 1. The minimum Gasteiger partial charge on any atom is -0.364 e. The number of benzene rings is 1. The molecule has 1 amide bonds. The summed E-state index contributed by atoms with van der Waals surface area (Å²) >= 11 is 6.31. The van der Waals surface area contributed by atoms with E-state index < -0.39 is 5.91 Å². The molecule has 9 nitrogen and oxygen atoms in total. The van der Waals surface area contributed by atoms with Crippen molar-refractivity contribution in [1.29, 1.82) is 0 Å². The Morgan fingerprint density at radius 2 is 1.77 bits per heavy atom. The van der Waals surface area contributed by atoms with E-state index in [1.807, 2.05) is 36.2 Å². The molecule has 10 heteroatoms. The lowest BCUT2D eigenvalue weighted by atomic mass is 9.86. The summed E-state index contributed by atoms with van der Waals surface area (Å²) in [5.74, 6) is -0.275. The van der Waals surface area contributed by atoms with Crippen LogP contribution >= 0.6 is 11.6 Å². The fourth-order valence-corrected chi connectivity index (χ4v) is 3.49. The molecule has 0 bridgehead atoms. The fourth-order valence-electron chi connectivity index (χ4n) is 3.25. The first-order valence-corrected chi connectivity index (χ1v) is 10.4. The van der Waals surface area contributed by atoms with Crippen LogP contribution in [0.25, 0.3) is 0 Å². The van der Waals surface area contributed by atoms with Gasteiger partial charge in [0, 0.05) is 31.7 Å². The van der Waals surface area contributed by atoms with Crippen molar-refractivity contribution in [2.45, 2.75) is 26.2 Å². The molecule has 1 aromatic heterocycles. The predicted molar refractivity (Wildman–Crippen MR) is 122 cm³/mol. The number of nitrogens with two attached hydrogens (primary N) is 1. The van der Waals surface area contributed by atoms with Gasteiger partial charge in [-0.15, -0.1) is 0 Å². The van der Waals surface area contributed by atoms with E-state index in [9.17, 15) is 10.0 Å². The minimum absolute atomic E-state index is 0.0118. The number of amides is 1. The van der Waals surface area contributed by atoms with Crippen LogP contribution in [0.15, 0.2) is 29.3 Å². The number of nitrogens with zero attached hydrogens (tertiary/aromatic N) is 5. The molecule has 0 saturated carbocycles. The number of rotatable bonds is 4. The number of primary amides is 1. The predicted octanol–water partition coefficient (Wildman–Crippen LogP) is 2.34. The van der Waals surface area contributed by atoms with Gasteiger partial charge < -0.3 is 15.5 Å². The maximum absolute atomic E-state index is 12.0. The maximum Gasteiger partial charge on any atom is 0.271 e. The van der Waals surface area contributed by atoms with E-state index in [0.717, 1.165) is 18.7 Å². The van der Waals surface area contributed by atoms with E-state index >= 15 is 0 Å². The van der Waals surface area contributed by atoms with Gasteiger partial charge >= 0.3 is 0 Å². The molecule has 31 heavy (non-hydrogen) atoms. The number of nitrogens with one attached hydrogen (secondary N) is 1. The highest BCUT2D eigenvalue weighted by molar-refractivity contribution is 6.32. The number of piperazine rings is 1. The Bertz CT molecular complexity index is 978. The van der Waals surface area contributed by atoms with E-state index in [-0.39, 0.29) is 27.9 Å². The van der Waals surface area contributed by atoms with Crippen LogP contribution in [0.2, 0.25) is 5.15 Å². The van der Waals surface area contributed by atoms with Gasteiger partial charge in [-0.05, 0) is 18.0 Å². The quantitative estimate of drug-likeness (QED) is 0.375. The van der Waals surface area contributed by atoms with E-state index in [2.05, 4.69) is 46.1 Å². The van der Waals surface area contributed by atoms with Gasteiger partial charge in [0.25, 0.3) is 5.91 Å². The number of hydroxylamine groups is 1. The molecule has 0 spiro atoms. The SMILES string of the molecule is CN1CCN(c2nc(N=C(NO)c3ccc(C(C)(C)C)cc3)c(C(N)=O)nc2Cl)CC1. The van der Waals surface area contributed by atoms with Gasteiger partial charge in [0.15, 0.2) is 28.3 Å². The van der Waals surface area contributed by atoms with Crippen molar-refractivity contribution in [3.8, 4) is 0 Å². The smallest absolute Gasteiger partial charge is 0.271 e. The van der Waals surface area contributed by atoms with E-state index in [1.54, 1.807) is 0 Å². The van der Waals surface area contributed by atoms with Crippen molar-refractivity contribution in [3.05, 3.63) is 46.2 Å². The van der Waals surface area contributed by atoms with Crippen LogP contribution in [0.5, 0.6) is 0 Å². The monoisotopic (exact) mass is 445 g/mol. The van der Waals surface area contributed by atoms with Crippen LogP contribution in [0.3, 0.4) is 0 Å². The molecule has 0 radical (unpaired) electrons. The minimum atomic E-state index is -0.807. The molecule has 3 rings (SSSR count). The van der Waals surface area contributed by atoms with E-state index in [1.165, 1.54) is 0 Å². The lowest BCUT2D eigenvalue weighted by molar-refractivity contribution is 0.0996. The van der Waals surface area contributed by atoms with Crippen LogP contribution in [0.1, 0.15) is 42.4 Å². The first-order chi connectivity index (χ1) is 14.6. The summed E-state index contributed by atoms with van der Waals surface area (Å²) in [6.07, 6.45) is 0. The highest BCUT2D eigenvalue weighted by Crippen LogP contribution is 2.28. The molecular formula is C21H28ClN7O2. The van der Waals surface area contributed by atoms with Gasteiger partial charge in [-0.1, -0.05) is 56.6 Å². The Kier molecular flexibility index (Phi) is 6.78. The van der Waals surface area contributed by atoms with Crippen molar-refractivity contribution >= 4 is 35.0 Å². The lowest BCUT2D eigenvalue weighted by Gasteiger charge is -2.33. The summed E-state index contributed by atoms with van der Waals surface area (Å²) in [4.78, 5) is 29.1. The second-order valence-electron chi connectivity index (χ2n) is 8.56. The summed E-state index contributed by atoms with van der Waals surface area (Å²) in [5, 5.41) is 9.80. The molecule has 2 aromatic rings. The highest BCUT2D eigenvalue weighted by atomic mass is 35.5. The number of hydrogen-bond acceptors (Lipinski definition) is 7. The number of aromatic nitrogens is 2. The Labute approximate surface area is 186 Å². The third-order valence-electron chi connectivity index (χ3n) is 5.20. The normalized spacial score (nSPS) is 15.8. The van der Waals surface area contributed by atoms with Gasteiger partial charge in [-0.3, -0.25) is 15.5 Å². The van der Waals surface area contributed by atoms with Gasteiger partial charge in [0.2, 0.25) is 0 Å². The van der Waals surface area contributed by atoms with Crippen LogP contribution in [0.4, 0.5) is 11.6 Å². The average molecular weight is 446 g/mol. The standard InChI is InChI=1S/C21H28ClN7O2/c1-21(2,3)14-7-5-13(6-8-14)18(27-31)25-19-15(17(23)30)24-16(22)20(26-19)29-11-9-28(4)10-12-29/h5-8,31H,9-12H2,1-4H3,(H2,23,30)(H,25,26,27). The molecule has 0 unspecified atom stereocenters. The topological polar surface area (TPSA) is 120 Å². The number of amidine groups is 1. The zero-order chi connectivity index (χ0) is 22.8. The average Bonchev–Trinajstić information content (AvgIpc) is 2.72. The number of halogens is 1. The van der Waals surface area contributed by atoms with E-state index in [4.69, 9.17) is 17.3 Å². The van der Waals surface area contributed by atoms with Crippen LogP contribution < -0.4 is 16.1 Å². The molecule has 1 aromatic carbocycles. The fraction of sp³-hybridized carbons (Fsp3) is 0.429. The molecule has 1 aliphatic heterocycles. The largest absolute Gasteiger partial charge is 0.364 e. The number of anilines is 1. The van der Waals surface area contributed by atoms with Crippen molar-refractivity contribution < 1.29 is 10.0 Å². The molecule has 1 saturated heterocycles. The summed E-state index contributed by atoms with van der Waals surface area (Å²) in [5.41, 5.74) is 9.14. The third-order valence-corrected chi connectivity index (χ3v) is 5.46. The zero-order valence-corrected chi connectivity index (χ0v) is 18.9. The Morgan fingerprint density at radius 1 is 1.16 bits per heavy atom. The van der Waals surface area contributed by atoms with Crippen LogP contribution in [0, 0.1) is 0 Å². The van der Waals surface area contributed by atoms with E-state index in [0.29, 0.717) is 24.5 Å². The lowest BCUT2D eigenvalue weighted by Crippen LogP contribution is -2.45. The first-order valence-electron chi connectivity index (χ1n) is 10.0. The third kappa shape index (κ3) is 5.30. The van der Waals surface area contributed by atoms with Gasteiger partial charge in [-0.2, -0.15) is 0 Å². The molecule has 0 aliphatic carbocycles. The first kappa shape index (κ1) is 22.9. The summed E-state index contributed by atoms with van der Waals surface area (Å²) in [7, 11) is 2.04. The number of likely N-dealkylation sites (N-methyl/N-ethyl adjacent to an activating group) is 1. The molecule has 1 fully saturated rings. The van der Waals surface area contributed by atoms with Crippen molar-refractivity contribution in [2.75, 3.05) is 38.1 Å². The Hall–Kier alpha value is -2.75. The molecule has 2 heterocycles. The number of carbonyl (C=O) groups excluding carboxylic acids is 1. The molecule has 1 aliphatic rings. The van der Waals surface area contributed by atoms with Crippen LogP contribution in [-0.4, -0.2) is 65.0 Å². The Morgan fingerprint density at radius 3 is 2.29 bits per heavy atom. The highest BCUT2D eigenvalue weighted by Gasteiger charge is 2.23. The number of hydrogen-bond donors (Lipinski definition) is 3. The number of aliphatic imine (C=N–C) groups is 1. The zero-order valence-electron chi connectivity index (χ0n) is 18.2. The van der Waals surface area contributed by atoms with Crippen molar-refractivity contribution in [1.82, 2.24) is 20.3 Å². The molecule has 0 atom stereocenters. The molecule has 166 valence electrons. The maximum atomic E-state index is 12.0. The van der Waals surface area contributed by atoms with Gasteiger partial charge in [0.05, 0.1) is 0 Å². The summed E-state index contributed by atoms with van der Waals surface area (Å²) in [6.45, 7) is 9.46. The molecular weight excluding hydrogens is 418 g/mol. The van der Waals surface area contributed by atoms with Crippen LogP contribution in [-0.2, 0) is 5.41 Å². The Balaban J connectivity index is 2.03. The second kappa shape index (κ2) is 9.17. The molecule has 4 N–H and O–H groups in total. The second-order valence-corrected chi connectivity index (χ2v) is 8.92. The van der Waals surface area contributed by atoms with Gasteiger partial charge in [-0.25, -0.2) is 15.0 Å². The van der Waals surface area contributed by atoms with Crippen molar-refractivity contribution in [3.63, 3.8) is 0 Å².